The largest absolute Gasteiger partial charge is 0.361 e. The van der Waals surface area contributed by atoms with Crippen LogP contribution in [0.15, 0.2) is 6.20 Å². The Labute approximate surface area is 176 Å². The third-order valence-electron chi connectivity index (χ3n) is 5.34. The molecular formula is C18H29N5O2S3. The van der Waals surface area contributed by atoms with E-state index >= 15 is 0 Å². The van der Waals surface area contributed by atoms with Gasteiger partial charge >= 0.3 is 0 Å². The fraction of sp³-hybridized carbons (Fsp3) is 0.667. The molecule has 1 N–H and O–H groups in total. The van der Waals surface area contributed by atoms with E-state index in [2.05, 4.69) is 22.2 Å². The van der Waals surface area contributed by atoms with E-state index in [4.69, 9.17) is 0 Å². The fourth-order valence-corrected chi connectivity index (χ4v) is 6.48. The number of aromatic nitrogens is 2. The van der Waals surface area contributed by atoms with Crippen LogP contribution < -0.4 is 5.32 Å². The molecule has 28 heavy (non-hydrogen) atoms. The molecule has 0 aliphatic heterocycles. The van der Waals surface area contributed by atoms with Crippen molar-refractivity contribution in [3.8, 4) is 10.6 Å². The van der Waals surface area contributed by atoms with Crippen LogP contribution in [0.4, 0.5) is 5.13 Å². The topological polar surface area (TPSA) is 78.4 Å². The van der Waals surface area contributed by atoms with Crippen LogP contribution in [0.5, 0.6) is 0 Å². The number of nitrogens with zero attached hydrogens (tertiary/aromatic N) is 4. The highest BCUT2D eigenvalue weighted by Crippen LogP contribution is 2.34. The van der Waals surface area contributed by atoms with Gasteiger partial charge in [-0.05, 0) is 45.4 Å². The fourth-order valence-electron chi connectivity index (χ4n) is 3.61. The van der Waals surface area contributed by atoms with E-state index in [1.807, 2.05) is 13.1 Å². The maximum absolute atomic E-state index is 12.3. The van der Waals surface area contributed by atoms with Crippen LogP contribution >= 0.6 is 22.7 Å². The molecule has 0 spiro atoms. The first kappa shape index (κ1) is 21.6. The molecule has 1 saturated carbocycles. The lowest BCUT2D eigenvalue weighted by Gasteiger charge is -2.35. The molecule has 1 aliphatic carbocycles. The summed E-state index contributed by atoms with van der Waals surface area (Å²) in [5, 5.41) is 5.47. The van der Waals surface area contributed by atoms with Crippen LogP contribution in [0.25, 0.3) is 10.6 Å². The molecule has 1 aliphatic rings. The summed E-state index contributed by atoms with van der Waals surface area (Å²) in [5.41, 5.74) is 1.04. The molecule has 1 fully saturated rings. The predicted molar refractivity (Wildman–Crippen MR) is 117 cm³/mol. The Kier molecular flexibility index (Phi) is 6.76. The summed E-state index contributed by atoms with van der Waals surface area (Å²) < 4.78 is 27.4. The van der Waals surface area contributed by atoms with Gasteiger partial charge in [-0.15, -0.1) is 11.3 Å². The Balaban J connectivity index is 1.51. The summed E-state index contributed by atoms with van der Waals surface area (Å²) in [4.78, 5) is 11.4. The summed E-state index contributed by atoms with van der Waals surface area (Å²) in [7, 11) is 1.52. The lowest BCUT2D eigenvalue weighted by atomic mass is 9.86. The molecule has 0 bridgehead atoms. The SMILES string of the molecule is Cc1nc(-c2cnc(NCC3CCC(N(C)S(=O)(=O)N(C)C)CC3)s2)c(C)s1. The third-order valence-corrected chi connectivity index (χ3v) is 9.14. The minimum absolute atomic E-state index is 0.0889. The van der Waals surface area contributed by atoms with Crippen LogP contribution in [-0.2, 0) is 10.2 Å². The lowest BCUT2D eigenvalue weighted by Crippen LogP contribution is -2.45. The minimum Gasteiger partial charge on any atom is -0.361 e. The van der Waals surface area contributed by atoms with Gasteiger partial charge in [-0.1, -0.05) is 11.3 Å². The lowest BCUT2D eigenvalue weighted by molar-refractivity contribution is 0.234. The zero-order valence-electron chi connectivity index (χ0n) is 17.1. The zero-order chi connectivity index (χ0) is 20.5. The maximum Gasteiger partial charge on any atom is 0.281 e. The van der Waals surface area contributed by atoms with E-state index in [0.717, 1.165) is 52.9 Å². The molecule has 2 aromatic heterocycles. The van der Waals surface area contributed by atoms with E-state index < -0.39 is 10.2 Å². The standard InChI is InChI=1S/C18H29N5O2S3/c1-12-17(21-13(2)26-12)16-11-20-18(27-16)19-10-14-6-8-15(9-7-14)23(5)28(24,25)22(3)4/h11,14-15H,6-10H2,1-5H3,(H,19,20). The molecule has 10 heteroatoms. The molecule has 2 aromatic rings. The summed E-state index contributed by atoms with van der Waals surface area (Å²) in [6, 6.07) is 0.0889. The molecule has 3 rings (SSSR count). The van der Waals surface area contributed by atoms with Crippen molar-refractivity contribution in [2.45, 2.75) is 45.6 Å². The molecule has 0 amide bonds. The normalized spacial score (nSPS) is 20.8. The quantitative estimate of drug-likeness (QED) is 0.707. The monoisotopic (exact) mass is 443 g/mol. The number of nitrogens with one attached hydrogen (secondary N) is 1. The van der Waals surface area contributed by atoms with Gasteiger partial charge < -0.3 is 5.32 Å². The molecular weight excluding hydrogens is 414 g/mol. The second-order valence-electron chi connectivity index (χ2n) is 7.53. The first-order valence-electron chi connectivity index (χ1n) is 9.48. The van der Waals surface area contributed by atoms with Crippen molar-refractivity contribution in [3.05, 3.63) is 16.1 Å². The maximum atomic E-state index is 12.3. The zero-order valence-corrected chi connectivity index (χ0v) is 19.5. The number of thiazole rings is 2. The number of hydrogen-bond acceptors (Lipinski definition) is 7. The highest BCUT2D eigenvalue weighted by molar-refractivity contribution is 7.86. The second-order valence-corrected chi connectivity index (χ2v) is 12.2. The summed E-state index contributed by atoms with van der Waals surface area (Å²) in [6.45, 7) is 5.00. The molecule has 2 heterocycles. The predicted octanol–water partition coefficient (Wildman–Crippen LogP) is 3.59. The summed E-state index contributed by atoms with van der Waals surface area (Å²) in [5.74, 6) is 0.544. The molecule has 156 valence electrons. The van der Waals surface area contributed by atoms with Crippen LogP contribution in [0.1, 0.15) is 35.6 Å². The van der Waals surface area contributed by atoms with Gasteiger partial charge in [0.1, 0.15) is 0 Å². The summed E-state index contributed by atoms with van der Waals surface area (Å²) >= 11 is 3.36. The van der Waals surface area contributed by atoms with Gasteiger partial charge in [-0.2, -0.15) is 17.0 Å². The van der Waals surface area contributed by atoms with Crippen LogP contribution in [-0.4, -0.2) is 60.7 Å². The third kappa shape index (κ3) is 4.73. The van der Waals surface area contributed by atoms with Gasteiger partial charge in [0.15, 0.2) is 5.13 Å². The Morgan fingerprint density at radius 3 is 2.39 bits per heavy atom. The number of hydrogen-bond donors (Lipinski definition) is 1. The minimum atomic E-state index is -3.34. The van der Waals surface area contributed by atoms with E-state index in [9.17, 15) is 8.42 Å². The molecule has 0 radical (unpaired) electrons. The number of anilines is 1. The number of aryl methyl sites for hydroxylation is 2. The van der Waals surface area contributed by atoms with Crippen LogP contribution in [0, 0.1) is 19.8 Å². The second kappa shape index (κ2) is 8.74. The van der Waals surface area contributed by atoms with Crippen molar-refractivity contribution < 1.29 is 8.42 Å². The van der Waals surface area contributed by atoms with Crippen molar-refractivity contribution in [3.63, 3.8) is 0 Å². The summed E-state index contributed by atoms with van der Waals surface area (Å²) in [6.07, 6.45) is 5.74. The van der Waals surface area contributed by atoms with Crippen molar-refractivity contribution in [2.24, 2.45) is 5.92 Å². The average molecular weight is 444 g/mol. The van der Waals surface area contributed by atoms with E-state index in [0.29, 0.717) is 5.92 Å². The molecule has 0 aromatic carbocycles. The van der Waals surface area contributed by atoms with E-state index in [1.165, 1.54) is 13.5 Å². The van der Waals surface area contributed by atoms with Gasteiger partial charge in [0, 0.05) is 44.8 Å². The van der Waals surface area contributed by atoms with E-state index in [1.54, 1.807) is 43.8 Å². The van der Waals surface area contributed by atoms with Crippen molar-refractivity contribution >= 4 is 38.0 Å². The molecule has 7 nitrogen and oxygen atoms in total. The first-order chi connectivity index (χ1) is 13.2. The Hall–Kier alpha value is -1.07. The smallest absolute Gasteiger partial charge is 0.281 e. The van der Waals surface area contributed by atoms with Crippen molar-refractivity contribution in [2.75, 3.05) is 33.0 Å². The van der Waals surface area contributed by atoms with Gasteiger partial charge in [-0.25, -0.2) is 9.97 Å². The van der Waals surface area contributed by atoms with Crippen molar-refractivity contribution in [1.29, 1.82) is 0 Å². The number of rotatable bonds is 7. The first-order valence-corrected chi connectivity index (χ1v) is 12.5. The van der Waals surface area contributed by atoms with Gasteiger partial charge in [0.2, 0.25) is 0 Å². The van der Waals surface area contributed by atoms with Gasteiger partial charge in [-0.3, -0.25) is 0 Å². The molecule has 0 unspecified atom stereocenters. The van der Waals surface area contributed by atoms with Crippen molar-refractivity contribution in [1.82, 2.24) is 18.6 Å². The Morgan fingerprint density at radius 2 is 1.82 bits per heavy atom. The van der Waals surface area contributed by atoms with Crippen LogP contribution in [0.3, 0.4) is 0 Å². The van der Waals surface area contributed by atoms with Crippen LogP contribution in [0.2, 0.25) is 0 Å². The Morgan fingerprint density at radius 1 is 1.14 bits per heavy atom. The Bertz CT molecular complexity index is 898. The van der Waals surface area contributed by atoms with Gasteiger partial charge in [0.05, 0.1) is 15.6 Å². The highest BCUT2D eigenvalue weighted by atomic mass is 32.2. The average Bonchev–Trinajstić information content (AvgIpc) is 3.25. The molecule has 0 atom stereocenters. The molecule has 0 saturated heterocycles. The highest BCUT2D eigenvalue weighted by Gasteiger charge is 2.31. The van der Waals surface area contributed by atoms with E-state index in [-0.39, 0.29) is 6.04 Å². The van der Waals surface area contributed by atoms with Gasteiger partial charge in [0.25, 0.3) is 10.2 Å².